The summed E-state index contributed by atoms with van der Waals surface area (Å²) in [5.41, 5.74) is 0.397. The van der Waals surface area contributed by atoms with Crippen LogP contribution in [-0.2, 0) is 17.8 Å². The number of rotatable bonds is 5. The first-order valence-corrected chi connectivity index (χ1v) is 9.33. The number of carbonyl (C=O) groups is 1. The third-order valence-corrected chi connectivity index (χ3v) is 5.51. The van der Waals surface area contributed by atoms with Crippen molar-refractivity contribution in [3.8, 4) is 0 Å². The van der Waals surface area contributed by atoms with Gasteiger partial charge in [-0.3, -0.25) is 14.0 Å². The molecule has 4 rings (SSSR count). The minimum absolute atomic E-state index is 0.0125. The van der Waals surface area contributed by atoms with E-state index in [9.17, 15) is 9.59 Å². The second-order valence-electron chi connectivity index (χ2n) is 6.37. The maximum Gasteiger partial charge on any atom is 0.291 e. The molecule has 1 aliphatic rings. The van der Waals surface area contributed by atoms with Crippen LogP contribution in [0.1, 0.15) is 38.4 Å². The number of nitrogens with one attached hydrogen (secondary N) is 1. The topological polar surface area (TPSA) is 68.4 Å². The third kappa shape index (κ3) is 2.53. The number of amides is 1. The molecule has 7 heteroatoms. The number of carbonyl (C=O) groups excluding carboxylic acids is 1. The van der Waals surface area contributed by atoms with E-state index in [4.69, 9.17) is 0 Å². The molecule has 0 aromatic carbocycles. The van der Waals surface area contributed by atoms with Gasteiger partial charge in [0.15, 0.2) is 0 Å². The molecule has 3 heterocycles. The minimum Gasteiger partial charge on any atom is -0.352 e. The van der Waals surface area contributed by atoms with Gasteiger partial charge in [-0.2, -0.15) is 5.10 Å². The lowest BCUT2D eigenvalue weighted by Gasteiger charge is -2.26. The molecule has 1 aliphatic carbocycles. The van der Waals surface area contributed by atoms with E-state index >= 15 is 0 Å². The van der Waals surface area contributed by atoms with Gasteiger partial charge < -0.3 is 5.32 Å². The number of hydrogen-bond donors (Lipinski definition) is 1. The summed E-state index contributed by atoms with van der Waals surface area (Å²) < 4.78 is 3.27. The number of hydrogen-bond acceptors (Lipinski definition) is 4. The molecule has 0 aliphatic heterocycles. The van der Waals surface area contributed by atoms with E-state index in [1.54, 1.807) is 11.3 Å². The Kier molecular flexibility index (Phi) is 3.88. The van der Waals surface area contributed by atoms with Gasteiger partial charge in [-0.25, -0.2) is 4.68 Å². The highest BCUT2D eigenvalue weighted by molar-refractivity contribution is 7.16. The number of aryl methyl sites for hydroxylation is 1. The van der Waals surface area contributed by atoms with E-state index in [-0.39, 0.29) is 24.1 Å². The molecule has 6 nitrogen and oxygen atoms in total. The molecule has 3 aromatic rings. The normalized spacial score (nSPS) is 15.0. The second-order valence-corrected chi connectivity index (χ2v) is 7.27. The molecule has 126 valence electrons. The molecule has 1 saturated carbocycles. The van der Waals surface area contributed by atoms with Crippen molar-refractivity contribution in [1.29, 1.82) is 0 Å². The van der Waals surface area contributed by atoms with Gasteiger partial charge in [-0.1, -0.05) is 6.92 Å². The first-order chi connectivity index (χ1) is 11.7. The zero-order valence-corrected chi connectivity index (χ0v) is 14.4. The summed E-state index contributed by atoms with van der Waals surface area (Å²) in [4.78, 5) is 26.0. The van der Waals surface area contributed by atoms with Crippen LogP contribution in [0.3, 0.4) is 0 Å². The molecule has 1 N–H and O–H groups in total. The predicted octanol–water partition coefficient (Wildman–Crippen LogP) is 2.33. The molecular weight excluding hydrogens is 324 g/mol. The predicted molar refractivity (Wildman–Crippen MR) is 94.6 cm³/mol. The van der Waals surface area contributed by atoms with E-state index in [0.717, 1.165) is 48.1 Å². The Labute approximate surface area is 143 Å². The lowest BCUT2D eigenvalue weighted by molar-refractivity contribution is -0.123. The van der Waals surface area contributed by atoms with E-state index in [0.29, 0.717) is 5.52 Å². The molecule has 0 unspecified atom stereocenters. The Morgan fingerprint density at radius 3 is 3.00 bits per heavy atom. The van der Waals surface area contributed by atoms with Crippen LogP contribution in [-0.4, -0.2) is 26.1 Å². The van der Waals surface area contributed by atoms with Crippen molar-refractivity contribution >= 4 is 33.0 Å². The quantitative estimate of drug-likeness (QED) is 0.772. The highest BCUT2D eigenvalue weighted by Gasteiger charge is 2.21. The zero-order valence-electron chi connectivity index (χ0n) is 13.6. The van der Waals surface area contributed by atoms with Crippen molar-refractivity contribution in [1.82, 2.24) is 19.5 Å². The maximum absolute atomic E-state index is 12.8. The summed E-state index contributed by atoms with van der Waals surface area (Å²) in [5.74, 6) is 0.704. The van der Waals surface area contributed by atoms with Crippen LogP contribution in [0.15, 0.2) is 22.3 Å². The van der Waals surface area contributed by atoms with Gasteiger partial charge in [-0.15, -0.1) is 11.3 Å². The molecule has 0 radical (unpaired) electrons. The van der Waals surface area contributed by atoms with Crippen molar-refractivity contribution in [2.24, 2.45) is 0 Å². The van der Waals surface area contributed by atoms with Gasteiger partial charge in [0, 0.05) is 17.8 Å². The second kappa shape index (κ2) is 6.05. The lowest BCUT2D eigenvalue weighted by Crippen LogP contribution is -2.43. The largest absolute Gasteiger partial charge is 0.352 e. The number of fused-ring (bicyclic) bond motifs is 3. The number of aromatic nitrogens is 3. The van der Waals surface area contributed by atoms with Crippen LogP contribution in [0.5, 0.6) is 0 Å². The Morgan fingerprint density at radius 2 is 2.29 bits per heavy atom. The summed E-state index contributed by atoms with van der Waals surface area (Å²) in [6.07, 6.45) is 4.92. The van der Waals surface area contributed by atoms with Gasteiger partial charge in [0.25, 0.3) is 5.56 Å². The molecule has 3 aromatic heterocycles. The fraction of sp³-hybridized carbons (Fsp3) is 0.471. The average molecular weight is 344 g/mol. The molecule has 1 fully saturated rings. The van der Waals surface area contributed by atoms with Crippen LogP contribution in [0, 0.1) is 0 Å². The van der Waals surface area contributed by atoms with Gasteiger partial charge in [-0.05, 0) is 43.2 Å². The SMILES string of the molecule is CCCc1nn(CC(=O)NC2CCC2)c(=O)c2cc3ccsc3n12. The van der Waals surface area contributed by atoms with Crippen LogP contribution in [0.4, 0.5) is 0 Å². The number of thiophene rings is 1. The Morgan fingerprint density at radius 1 is 1.46 bits per heavy atom. The van der Waals surface area contributed by atoms with E-state index in [2.05, 4.69) is 17.3 Å². The highest BCUT2D eigenvalue weighted by atomic mass is 32.1. The standard InChI is InChI=1S/C17H20N4O2S/c1-2-4-14-19-20(10-15(22)18-12-5-3-6-12)16(23)13-9-11-7-8-24-17(11)21(13)14/h7-9,12H,2-6,10H2,1H3,(H,18,22). The smallest absolute Gasteiger partial charge is 0.291 e. The summed E-state index contributed by atoms with van der Waals surface area (Å²) in [5, 5.41) is 10.5. The maximum atomic E-state index is 12.8. The van der Waals surface area contributed by atoms with Gasteiger partial charge in [0.05, 0.1) is 0 Å². The molecule has 0 saturated heterocycles. The Balaban J connectivity index is 1.76. The molecule has 0 atom stereocenters. The minimum atomic E-state index is -0.206. The van der Waals surface area contributed by atoms with Crippen molar-refractivity contribution in [2.75, 3.05) is 0 Å². The van der Waals surface area contributed by atoms with Crippen molar-refractivity contribution in [3.05, 3.63) is 33.7 Å². The molecular formula is C17H20N4O2S. The molecule has 1 amide bonds. The van der Waals surface area contributed by atoms with Crippen LogP contribution in [0.25, 0.3) is 15.7 Å². The third-order valence-electron chi connectivity index (χ3n) is 4.60. The van der Waals surface area contributed by atoms with Crippen molar-refractivity contribution in [3.63, 3.8) is 0 Å². The van der Waals surface area contributed by atoms with Crippen LogP contribution < -0.4 is 10.9 Å². The molecule has 0 spiro atoms. The van der Waals surface area contributed by atoms with E-state index in [1.165, 1.54) is 4.68 Å². The lowest BCUT2D eigenvalue weighted by atomic mass is 9.93. The van der Waals surface area contributed by atoms with Crippen molar-refractivity contribution in [2.45, 2.75) is 51.6 Å². The summed E-state index contributed by atoms with van der Waals surface area (Å²) in [7, 11) is 0. The first-order valence-electron chi connectivity index (χ1n) is 8.45. The Bertz CT molecular complexity index is 964. The van der Waals surface area contributed by atoms with Gasteiger partial charge in [0.2, 0.25) is 5.91 Å². The summed E-state index contributed by atoms with van der Waals surface area (Å²) in [6.45, 7) is 2.07. The van der Waals surface area contributed by atoms with Crippen LogP contribution >= 0.6 is 11.3 Å². The average Bonchev–Trinajstić information content (AvgIpc) is 3.09. The summed E-state index contributed by atoms with van der Waals surface area (Å²) in [6, 6.07) is 4.18. The summed E-state index contributed by atoms with van der Waals surface area (Å²) >= 11 is 1.61. The Hall–Kier alpha value is -2.15. The monoisotopic (exact) mass is 344 g/mol. The van der Waals surface area contributed by atoms with Gasteiger partial charge >= 0.3 is 0 Å². The molecule has 0 bridgehead atoms. The van der Waals surface area contributed by atoms with Crippen molar-refractivity contribution < 1.29 is 4.79 Å². The fourth-order valence-electron chi connectivity index (χ4n) is 3.15. The molecule has 24 heavy (non-hydrogen) atoms. The van der Waals surface area contributed by atoms with E-state index < -0.39 is 0 Å². The van der Waals surface area contributed by atoms with Crippen LogP contribution in [0.2, 0.25) is 0 Å². The van der Waals surface area contributed by atoms with Gasteiger partial charge in [0.1, 0.15) is 22.7 Å². The zero-order chi connectivity index (χ0) is 16.7. The fourth-order valence-corrected chi connectivity index (χ4v) is 4.07. The van der Waals surface area contributed by atoms with E-state index in [1.807, 2.05) is 21.9 Å². The number of nitrogens with zero attached hydrogens (tertiary/aromatic N) is 3. The highest BCUT2D eigenvalue weighted by Crippen LogP contribution is 2.25. The first kappa shape index (κ1) is 15.4.